The Hall–Kier alpha value is -4.07. The normalized spacial score (nSPS) is 14.9. The van der Waals surface area contributed by atoms with E-state index in [9.17, 15) is 19.6 Å². The van der Waals surface area contributed by atoms with Crippen molar-refractivity contribution in [1.29, 1.82) is 5.26 Å². The second-order valence-corrected chi connectivity index (χ2v) is 10.3. The number of nitriles is 1. The number of allylic oxidation sites excluding steroid dienone is 2. The third kappa shape index (κ3) is 6.50. The van der Waals surface area contributed by atoms with Crippen LogP contribution in [0.25, 0.3) is 0 Å². The van der Waals surface area contributed by atoms with Gasteiger partial charge in [0.1, 0.15) is 5.76 Å². The molecule has 198 valence electrons. The molecule has 0 bridgehead atoms. The zero-order valence-electron chi connectivity index (χ0n) is 21.1. The molecule has 2 heterocycles. The summed E-state index contributed by atoms with van der Waals surface area (Å²) < 4.78 is 11.5. The zero-order valence-corrected chi connectivity index (χ0v) is 23.5. The van der Waals surface area contributed by atoms with Crippen LogP contribution in [-0.2, 0) is 9.53 Å². The number of benzene rings is 2. The molecule has 2 aromatic carbocycles. The van der Waals surface area contributed by atoms with Crippen molar-refractivity contribution in [3.05, 3.63) is 110 Å². The Bertz CT molecular complexity index is 1490. The van der Waals surface area contributed by atoms with Gasteiger partial charge in [0, 0.05) is 21.4 Å². The van der Waals surface area contributed by atoms with Gasteiger partial charge < -0.3 is 19.8 Å². The van der Waals surface area contributed by atoms with E-state index in [1.807, 2.05) is 0 Å². The number of amides is 1. The van der Waals surface area contributed by atoms with Crippen molar-refractivity contribution in [3.63, 3.8) is 0 Å². The summed E-state index contributed by atoms with van der Waals surface area (Å²) in [4.78, 5) is 38.2. The second kappa shape index (κ2) is 12.7. The molecule has 0 spiro atoms. The van der Waals surface area contributed by atoms with Crippen molar-refractivity contribution in [2.24, 2.45) is 0 Å². The molecule has 0 fully saturated rings. The number of rotatable bonds is 9. The highest BCUT2D eigenvalue weighted by Gasteiger charge is 2.36. The topological polar surface area (TPSA) is 121 Å². The van der Waals surface area contributed by atoms with E-state index in [4.69, 9.17) is 9.15 Å². The highest BCUT2D eigenvalue weighted by atomic mass is 79.9. The summed E-state index contributed by atoms with van der Waals surface area (Å²) in [6.45, 7) is 3.73. The van der Waals surface area contributed by atoms with E-state index >= 15 is 0 Å². The third-order valence-electron chi connectivity index (χ3n) is 5.89. The van der Waals surface area contributed by atoms with E-state index in [-0.39, 0.29) is 23.7 Å². The quantitative estimate of drug-likeness (QED) is 0.219. The van der Waals surface area contributed by atoms with Crippen molar-refractivity contribution < 1.29 is 23.5 Å². The second-order valence-electron chi connectivity index (χ2n) is 8.44. The van der Waals surface area contributed by atoms with Gasteiger partial charge in [-0.3, -0.25) is 9.59 Å². The number of thioether (sulfide) groups is 1. The molecule has 1 atom stereocenters. The number of anilines is 1. The van der Waals surface area contributed by atoms with Crippen LogP contribution in [0.5, 0.6) is 0 Å². The molecule has 0 radical (unpaired) electrons. The van der Waals surface area contributed by atoms with E-state index in [0.29, 0.717) is 38.9 Å². The highest BCUT2D eigenvalue weighted by Crippen LogP contribution is 2.41. The highest BCUT2D eigenvalue weighted by molar-refractivity contribution is 9.10. The van der Waals surface area contributed by atoms with E-state index in [1.54, 1.807) is 74.5 Å². The molecule has 1 aromatic heterocycles. The molecular formula is C29H24BrN3O5S. The van der Waals surface area contributed by atoms with Crippen LogP contribution in [0.3, 0.4) is 0 Å². The van der Waals surface area contributed by atoms with Gasteiger partial charge in [0.05, 0.1) is 52.3 Å². The lowest BCUT2D eigenvalue weighted by Crippen LogP contribution is -2.30. The van der Waals surface area contributed by atoms with Crippen molar-refractivity contribution in [1.82, 2.24) is 5.32 Å². The van der Waals surface area contributed by atoms with Gasteiger partial charge in [-0.2, -0.15) is 5.26 Å². The molecule has 4 rings (SSSR count). The van der Waals surface area contributed by atoms with Gasteiger partial charge in [0.15, 0.2) is 5.78 Å². The summed E-state index contributed by atoms with van der Waals surface area (Å²) in [7, 11) is 0. The minimum atomic E-state index is -0.782. The first-order valence-corrected chi connectivity index (χ1v) is 13.8. The maximum absolute atomic E-state index is 13.5. The molecule has 1 aliphatic heterocycles. The number of furan rings is 1. The van der Waals surface area contributed by atoms with E-state index in [0.717, 1.165) is 4.47 Å². The number of hydrogen-bond acceptors (Lipinski definition) is 8. The first-order chi connectivity index (χ1) is 18.8. The predicted molar refractivity (Wildman–Crippen MR) is 152 cm³/mol. The van der Waals surface area contributed by atoms with Crippen LogP contribution in [0.4, 0.5) is 5.69 Å². The van der Waals surface area contributed by atoms with Crippen molar-refractivity contribution >= 4 is 51.0 Å². The number of ether oxygens (including phenoxy) is 1. The number of carbonyl (C=O) groups excluding carboxylic acids is 3. The minimum absolute atomic E-state index is 0.0925. The average Bonchev–Trinajstić information content (AvgIpc) is 3.47. The molecule has 3 aromatic rings. The largest absolute Gasteiger partial charge is 0.468 e. The monoisotopic (exact) mass is 605 g/mol. The first kappa shape index (κ1) is 28.0. The summed E-state index contributed by atoms with van der Waals surface area (Å²) in [6, 6.07) is 19.0. The Labute approximate surface area is 238 Å². The number of carbonyl (C=O) groups is 3. The average molecular weight is 606 g/mol. The Morgan fingerprint density at radius 1 is 1.10 bits per heavy atom. The SMILES string of the molecule is CCOC(=O)c1ccc(NC(=O)C2=C(C)NC(SCC(=O)c3ccc(Br)cc3)=C(C#N)C2c2ccco2)cc1. The predicted octanol–water partition coefficient (Wildman–Crippen LogP) is 6.17. The van der Waals surface area contributed by atoms with Gasteiger partial charge in [0.2, 0.25) is 0 Å². The number of nitrogens with zero attached hydrogens (tertiary/aromatic N) is 1. The summed E-state index contributed by atoms with van der Waals surface area (Å²) in [5.41, 5.74) is 2.49. The van der Waals surface area contributed by atoms with Crippen LogP contribution in [0.15, 0.2) is 97.7 Å². The van der Waals surface area contributed by atoms with Crippen molar-refractivity contribution in [2.45, 2.75) is 19.8 Å². The van der Waals surface area contributed by atoms with Crippen LogP contribution in [0, 0.1) is 11.3 Å². The summed E-state index contributed by atoms with van der Waals surface area (Å²) in [5, 5.41) is 16.6. The molecule has 2 N–H and O–H groups in total. The lowest BCUT2D eigenvalue weighted by atomic mass is 9.85. The van der Waals surface area contributed by atoms with Gasteiger partial charge in [-0.15, -0.1) is 0 Å². The van der Waals surface area contributed by atoms with Crippen molar-refractivity contribution in [3.8, 4) is 6.07 Å². The van der Waals surface area contributed by atoms with Crippen molar-refractivity contribution in [2.75, 3.05) is 17.7 Å². The molecule has 39 heavy (non-hydrogen) atoms. The molecule has 0 saturated carbocycles. The van der Waals surface area contributed by atoms with Gasteiger partial charge >= 0.3 is 5.97 Å². The maximum atomic E-state index is 13.5. The summed E-state index contributed by atoms with van der Waals surface area (Å²) in [6.07, 6.45) is 1.48. The molecule has 1 unspecified atom stereocenters. The van der Waals surface area contributed by atoms with Gasteiger partial charge in [-0.05, 0) is 62.4 Å². The molecule has 10 heteroatoms. The van der Waals surface area contributed by atoms with Gasteiger partial charge in [0.25, 0.3) is 5.91 Å². The number of hydrogen-bond donors (Lipinski definition) is 2. The summed E-state index contributed by atoms with van der Waals surface area (Å²) >= 11 is 4.56. The van der Waals surface area contributed by atoms with Gasteiger partial charge in [-0.1, -0.05) is 39.8 Å². The number of halogens is 1. The fourth-order valence-corrected chi connectivity index (χ4v) is 5.28. The van der Waals surface area contributed by atoms with Crippen LogP contribution >= 0.6 is 27.7 Å². The van der Waals surface area contributed by atoms with Crippen LogP contribution in [0.1, 0.15) is 46.2 Å². The zero-order chi connectivity index (χ0) is 27.9. The first-order valence-electron chi connectivity index (χ1n) is 12.0. The van der Waals surface area contributed by atoms with Crippen LogP contribution < -0.4 is 10.6 Å². The molecule has 0 saturated heterocycles. The Kier molecular flexibility index (Phi) is 9.07. The number of dihydropyridines is 1. The third-order valence-corrected chi connectivity index (χ3v) is 7.43. The molecule has 1 aliphatic rings. The minimum Gasteiger partial charge on any atom is -0.468 e. The number of ketones is 1. The smallest absolute Gasteiger partial charge is 0.338 e. The standard InChI is InChI=1S/C29H24BrN3O5S/c1-3-37-29(36)19-8-12-21(13-9-19)33-27(35)25-17(2)32-28(22(15-31)26(25)24-5-4-14-38-24)39-16-23(34)18-6-10-20(30)11-7-18/h4-14,26,32H,3,16H2,1-2H3,(H,33,35). The molecular weight excluding hydrogens is 582 g/mol. The van der Waals surface area contributed by atoms with Crippen LogP contribution in [0.2, 0.25) is 0 Å². The molecule has 8 nitrogen and oxygen atoms in total. The van der Waals surface area contributed by atoms with E-state index in [2.05, 4.69) is 32.6 Å². The maximum Gasteiger partial charge on any atom is 0.338 e. The van der Waals surface area contributed by atoms with Crippen LogP contribution in [-0.4, -0.2) is 30.0 Å². The fraction of sp³-hybridized carbons (Fsp3) is 0.172. The van der Waals surface area contributed by atoms with E-state index in [1.165, 1.54) is 18.0 Å². The van der Waals surface area contributed by atoms with Gasteiger partial charge in [-0.25, -0.2) is 4.79 Å². The molecule has 1 amide bonds. The summed E-state index contributed by atoms with van der Waals surface area (Å²) in [5.74, 6) is -1.24. The number of Topliss-reactive ketones (excluding diaryl/α,β-unsaturated/α-hetero) is 1. The van der Waals surface area contributed by atoms with E-state index < -0.39 is 17.8 Å². The Morgan fingerprint density at radius 3 is 2.41 bits per heavy atom. The number of nitrogens with one attached hydrogen (secondary N) is 2. The lowest BCUT2D eigenvalue weighted by Gasteiger charge is -2.28. The lowest BCUT2D eigenvalue weighted by molar-refractivity contribution is -0.113. The Balaban J connectivity index is 1.58. The number of esters is 1. The Morgan fingerprint density at radius 2 is 1.79 bits per heavy atom. The molecule has 0 aliphatic carbocycles. The fourth-order valence-electron chi connectivity index (χ4n) is 4.03.